The van der Waals surface area contributed by atoms with Gasteiger partial charge < -0.3 is 4.90 Å². The molecule has 16 heavy (non-hydrogen) atoms. The van der Waals surface area contributed by atoms with Crippen LogP contribution in [0, 0.1) is 0 Å². The zero-order valence-corrected chi connectivity index (χ0v) is 11.9. The Morgan fingerprint density at radius 1 is 0.750 bits per heavy atom. The average Bonchev–Trinajstić information content (AvgIpc) is 2.75. The van der Waals surface area contributed by atoms with Gasteiger partial charge >= 0.3 is 0 Å². The number of hydrogen-bond donors (Lipinski definition) is 0. The summed E-state index contributed by atoms with van der Waals surface area (Å²) >= 11 is 0. The normalized spacial score (nSPS) is 16.3. The van der Waals surface area contributed by atoms with Crippen LogP contribution in [-0.4, -0.2) is 24.5 Å². The van der Waals surface area contributed by atoms with E-state index in [-0.39, 0.29) is 12.4 Å². The Morgan fingerprint density at radius 2 is 1.25 bits per heavy atom. The van der Waals surface area contributed by atoms with Crippen LogP contribution in [0.3, 0.4) is 0 Å². The van der Waals surface area contributed by atoms with E-state index < -0.39 is 0 Å². The van der Waals surface area contributed by atoms with E-state index in [1.54, 1.807) is 0 Å². The summed E-state index contributed by atoms with van der Waals surface area (Å²) in [4.78, 5) is 2.64. The van der Waals surface area contributed by atoms with Crippen LogP contribution in [0.5, 0.6) is 0 Å². The Bertz CT molecular complexity index is 133. The fourth-order valence-electron chi connectivity index (χ4n) is 2.48. The van der Waals surface area contributed by atoms with Gasteiger partial charge in [0.15, 0.2) is 0 Å². The van der Waals surface area contributed by atoms with E-state index in [0.29, 0.717) is 0 Å². The van der Waals surface area contributed by atoms with Crippen LogP contribution in [0.15, 0.2) is 0 Å². The first-order valence-electron chi connectivity index (χ1n) is 7.16. The molecule has 0 atom stereocenters. The summed E-state index contributed by atoms with van der Waals surface area (Å²) in [6, 6.07) is 0. The topological polar surface area (TPSA) is 3.24 Å². The third kappa shape index (κ3) is 8.41. The van der Waals surface area contributed by atoms with Crippen molar-refractivity contribution in [3.05, 3.63) is 0 Å². The number of likely N-dealkylation sites (tertiary alicyclic amines) is 1. The molecule has 1 rings (SSSR count). The fourth-order valence-corrected chi connectivity index (χ4v) is 2.48. The molecule has 0 unspecified atom stereocenters. The van der Waals surface area contributed by atoms with Gasteiger partial charge in [-0.3, -0.25) is 0 Å². The lowest BCUT2D eigenvalue weighted by Gasteiger charge is -2.13. The van der Waals surface area contributed by atoms with E-state index in [9.17, 15) is 0 Å². The van der Waals surface area contributed by atoms with Crippen LogP contribution >= 0.6 is 12.4 Å². The lowest BCUT2D eigenvalue weighted by atomic mass is 10.1. The highest BCUT2D eigenvalue weighted by molar-refractivity contribution is 5.85. The standard InChI is InChI=1S/C14H29N.ClH/c1-2-3-4-5-6-7-8-9-12-15-13-10-11-14-15;/h2-14H2,1H3;1H. The lowest BCUT2D eigenvalue weighted by Crippen LogP contribution is -2.20. The predicted octanol–water partition coefficient (Wildman–Crippen LogP) is 4.64. The van der Waals surface area contributed by atoms with Gasteiger partial charge in [0.25, 0.3) is 0 Å². The van der Waals surface area contributed by atoms with Crippen LogP contribution in [0.4, 0.5) is 0 Å². The summed E-state index contributed by atoms with van der Waals surface area (Å²) in [7, 11) is 0. The molecule has 0 radical (unpaired) electrons. The number of halogens is 1. The van der Waals surface area contributed by atoms with Gasteiger partial charge in [-0.2, -0.15) is 0 Å². The molecule has 0 aliphatic carbocycles. The predicted molar refractivity (Wildman–Crippen MR) is 75.5 cm³/mol. The Kier molecular flexibility index (Phi) is 11.9. The van der Waals surface area contributed by atoms with Crippen molar-refractivity contribution in [2.45, 2.75) is 71.1 Å². The molecule has 0 amide bonds. The summed E-state index contributed by atoms with van der Waals surface area (Å²) in [6.07, 6.45) is 14.5. The van der Waals surface area contributed by atoms with Gasteiger partial charge in [0.1, 0.15) is 0 Å². The van der Waals surface area contributed by atoms with Gasteiger partial charge in [-0.05, 0) is 38.9 Å². The summed E-state index contributed by atoms with van der Waals surface area (Å²) in [6.45, 7) is 6.40. The molecule has 0 aromatic carbocycles. The second-order valence-corrected chi connectivity index (χ2v) is 5.02. The zero-order chi connectivity index (χ0) is 10.8. The molecule has 1 fully saturated rings. The van der Waals surface area contributed by atoms with Gasteiger partial charge in [-0.25, -0.2) is 0 Å². The first kappa shape index (κ1) is 16.2. The van der Waals surface area contributed by atoms with Crippen LogP contribution in [0.25, 0.3) is 0 Å². The van der Waals surface area contributed by atoms with Crippen LogP contribution in [-0.2, 0) is 0 Å². The smallest absolute Gasteiger partial charge is 0.00183 e. The molecule has 0 N–H and O–H groups in total. The molecule has 1 aliphatic heterocycles. The molecule has 0 spiro atoms. The van der Waals surface area contributed by atoms with Crippen molar-refractivity contribution < 1.29 is 0 Å². The fraction of sp³-hybridized carbons (Fsp3) is 1.00. The molecule has 1 aliphatic rings. The maximum absolute atomic E-state index is 2.64. The van der Waals surface area contributed by atoms with Crippen molar-refractivity contribution in [2.75, 3.05) is 19.6 Å². The molecule has 2 heteroatoms. The van der Waals surface area contributed by atoms with Gasteiger partial charge in [0.05, 0.1) is 0 Å². The van der Waals surface area contributed by atoms with Gasteiger partial charge in [0.2, 0.25) is 0 Å². The van der Waals surface area contributed by atoms with Crippen molar-refractivity contribution in [2.24, 2.45) is 0 Å². The average molecular weight is 248 g/mol. The highest BCUT2D eigenvalue weighted by atomic mass is 35.5. The van der Waals surface area contributed by atoms with Crippen molar-refractivity contribution in [1.82, 2.24) is 4.90 Å². The molecule has 1 heterocycles. The monoisotopic (exact) mass is 247 g/mol. The van der Waals surface area contributed by atoms with Crippen molar-refractivity contribution in [3.8, 4) is 0 Å². The molecule has 0 aromatic heterocycles. The molecule has 98 valence electrons. The third-order valence-electron chi connectivity index (χ3n) is 3.53. The van der Waals surface area contributed by atoms with Crippen LogP contribution in [0.2, 0.25) is 0 Å². The van der Waals surface area contributed by atoms with E-state index in [0.717, 1.165) is 0 Å². The number of nitrogens with zero attached hydrogens (tertiary/aromatic N) is 1. The van der Waals surface area contributed by atoms with Gasteiger partial charge in [0, 0.05) is 0 Å². The van der Waals surface area contributed by atoms with Gasteiger partial charge in [-0.15, -0.1) is 12.4 Å². The summed E-state index contributed by atoms with van der Waals surface area (Å²) in [5.41, 5.74) is 0. The van der Waals surface area contributed by atoms with Crippen molar-refractivity contribution >= 4 is 12.4 Å². The van der Waals surface area contributed by atoms with E-state index in [1.807, 2.05) is 0 Å². The lowest BCUT2D eigenvalue weighted by molar-refractivity contribution is 0.327. The molecule has 1 saturated heterocycles. The minimum atomic E-state index is 0. The summed E-state index contributed by atoms with van der Waals surface area (Å²) in [5, 5.41) is 0. The third-order valence-corrected chi connectivity index (χ3v) is 3.53. The first-order valence-corrected chi connectivity index (χ1v) is 7.16. The Hall–Kier alpha value is 0.250. The van der Waals surface area contributed by atoms with Crippen LogP contribution < -0.4 is 0 Å². The van der Waals surface area contributed by atoms with E-state index >= 15 is 0 Å². The molecule has 0 saturated carbocycles. The minimum Gasteiger partial charge on any atom is -0.303 e. The quantitative estimate of drug-likeness (QED) is 0.537. The number of unbranched alkanes of at least 4 members (excludes halogenated alkanes) is 7. The summed E-state index contributed by atoms with van der Waals surface area (Å²) < 4.78 is 0. The maximum atomic E-state index is 2.64. The van der Waals surface area contributed by atoms with E-state index in [1.165, 1.54) is 83.8 Å². The molecular formula is C14H30ClN. The Balaban J connectivity index is 0.00000225. The second-order valence-electron chi connectivity index (χ2n) is 5.02. The molecular weight excluding hydrogens is 218 g/mol. The highest BCUT2D eigenvalue weighted by Gasteiger charge is 2.09. The molecule has 0 bridgehead atoms. The zero-order valence-electron chi connectivity index (χ0n) is 11.0. The first-order chi connectivity index (χ1) is 7.43. The second kappa shape index (κ2) is 11.7. The maximum Gasteiger partial charge on any atom is -0.00183 e. The largest absolute Gasteiger partial charge is 0.303 e. The van der Waals surface area contributed by atoms with Crippen LogP contribution in [0.1, 0.15) is 71.1 Å². The van der Waals surface area contributed by atoms with Crippen molar-refractivity contribution in [3.63, 3.8) is 0 Å². The molecule has 0 aromatic rings. The van der Waals surface area contributed by atoms with Crippen molar-refractivity contribution in [1.29, 1.82) is 0 Å². The Morgan fingerprint density at radius 3 is 1.81 bits per heavy atom. The molecule has 1 nitrogen and oxygen atoms in total. The minimum absolute atomic E-state index is 0. The number of hydrogen-bond acceptors (Lipinski definition) is 1. The summed E-state index contributed by atoms with van der Waals surface area (Å²) in [5.74, 6) is 0. The van der Waals surface area contributed by atoms with E-state index in [2.05, 4.69) is 11.8 Å². The Labute approximate surface area is 108 Å². The highest BCUT2D eigenvalue weighted by Crippen LogP contribution is 2.11. The van der Waals surface area contributed by atoms with Gasteiger partial charge in [-0.1, -0.05) is 51.9 Å². The SMILES string of the molecule is CCCCCCCCCCN1CCCC1.Cl. The van der Waals surface area contributed by atoms with E-state index in [4.69, 9.17) is 0 Å². The number of rotatable bonds is 9.